The van der Waals surface area contributed by atoms with Crippen molar-refractivity contribution in [2.75, 3.05) is 18.0 Å². The molecular weight excluding hydrogens is 385 g/mol. The van der Waals surface area contributed by atoms with Gasteiger partial charge in [0.1, 0.15) is 11.6 Å². The molecule has 0 aromatic carbocycles. The van der Waals surface area contributed by atoms with E-state index >= 15 is 0 Å². The maximum absolute atomic E-state index is 13.7. The number of carbonyl (C=O) groups excluding carboxylic acids is 1. The summed E-state index contributed by atoms with van der Waals surface area (Å²) in [5.41, 5.74) is 0.567. The topological polar surface area (TPSA) is 78.9 Å². The molecule has 0 radical (unpaired) electrons. The van der Waals surface area contributed by atoms with Gasteiger partial charge in [-0.25, -0.2) is 9.40 Å². The predicted octanol–water partition coefficient (Wildman–Crippen LogP) is 3.13. The van der Waals surface area contributed by atoms with Crippen molar-refractivity contribution < 1.29 is 9.18 Å². The second-order valence-electron chi connectivity index (χ2n) is 8.14. The average molecular weight is 405 g/mol. The minimum absolute atomic E-state index is 0.000282. The fourth-order valence-corrected chi connectivity index (χ4v) is 4.65. The number of carbonyl (C=O) groups is 1. The first kappa shape index (κ1) is 18.6. The van der Waals surface area contributed by atoms with Gasteiger partial charge in [0.15, 0.2) is 0 Å². The molecule has 8 nitrogen and oxygen atoms in total. The van der Waals surface area contributed by atoms with Gasteiger partial charge < -0.3 is 9.74 Å². The van der Waals surface area contributed by atoms with Crippen LogP contribution in [0, 0.1) is 23.7 Å². The standard InChI is InChI=1S/C21H20FN7O/c1-23-18-9-19(26-13-25-18)28-7-3-16(21(12-28)4-5-21)20(30)29-17(2-6-27-29)14-8-15(22)11-24-10-14/h6,8-11,13,16-17H,2-5,7,12H2/t16-,17-/m1/s1. The van der Waals surface area contributed by atoms with E-state index in [1.807, 2.05) is 0 Å². The van der Waals surface area contributed by atoms with Crippen LogP contribution in [0.1, 0.15) is 37.3 Å². The number of anilines is 1. The van der Waals surface area contributed by atoms with Crippen LogP contribution in [-0.2, 0) is 4.79 Å². The van der Waals surface area contributed by atoms with Gasteiger partial charge in [-0.05, 0) is 36.3 Å². The van der Waals surface area contributed by atoms with Crippen molar-refractivity contribution in [2.45, 2.75) is 31.7 Å². The minimum Gasteiger partial charge on any atom is -0.360 e. The summed E-state index contributed by atoms with van der Waals surface area (Å²) in [6.45, 7) is 8.56. The lowest BCUT2D eigenvalue weighted by Crippen LogP contribution is -2.48. The van der Waals surface area contributed by atoms with Gasteiger partial charge in [0.05, 0.1) is 12.2 Å². The van der Waals surface area contributed by atoms with E-state index in [1.165, 1.54) is 17.4 Å². The van der Waals surface area contributed by atoms with E-state index in [0.29, 0.717) is 30.8 Å². The smallest absolute Gasteiger partial charge is 0.274 e. The fourth-order valence-electron chi connectivity index (χ4n) is 4.65. The second-order valence-corrected chi connectivity index (χ2v) is 8.14. The molecule has 1 saturated heterocycles. The Hall–Kier alpha value is -3.41. The molecule has 4 heterocycles. The van der Waals surface area contributed by atoms with Crippen molar-refractivity contribution in [2.24, 2.45) is 16.4 Å². The summed E-state index contributed by atoms with van der Waals surface area (Å²) in [7, 11) is 0. The number of piperidine rings is 1. The van der Waals surface area contributed by atoms with Gasteiger partial charge in [0, 0.05) is 43.9 Å². The van der Waals surface area contributed by atoms with E-state index in [-0.39, 0.29) is 23.3 Å². The highest BCUT2D eigenvalue weighted by Crippen LogP contribution is 2.57. The lowest BCUT2D eigenvalue weighted by atomic mass is 9.81. The van der Waals surface area contributed by atoms with Crippen molar-refractivity contribution in [1.82, 2.24) is 20.0 Å². The molecule has 2 aromatic rings. The van der Waals surface area contributed by atoms with Gasteiger partial charge in [-0.2, -0.15) is 10.1 Å². The predicted molar refractivity (Wildman–Crippen MR) is 107 cm³/mol. The molecule has 1 aliphatic carbocycles. The summed E-state index contributed by atoms with van der Waals surface area (Å²) in [4.78, 5) is 31.2. The van der Waals surface area contributed by atoms with Gasteiger partial charge in [0.25, 0.3) is 5.82 Å². The lowest BCUT2D eigenvalue weighted by molar-refractivity contribution is -0.140. The van der Waals surface area contributed by atoms with E-state index in [1.54, 1.807) is 18.5 Å². The van der Waals surface area contributed by atoms with E-state index in [9.17, 15) is 9.18 Å². The van der Waals surface area contributed by atoms with E-state index < -0.39 is 5.82 Å². The summed E-state index contributed by atoms with van der Waals surface area (Å²) in [6.07, 6.45) is 9.09. The number of amides is 1. The largest absolute Gasteiger partial charge is 0.360 e. The van der Waals surface area contributed by atoms with Crippen LogP contribution in [0.5, 0.6) is 0 Å². The molecule has 9 heteroatoms. The third kappa shape index (κ3) is 3.18. The molecule has 2 aliphatic heterocycles. The van der Waals surface area contributed by atoms with Crippen molar-refractivity contribution in [3.63, 3.8) is 0 Å². The molecule has 1 spiro atoms. The highest BCUT2D eigenvalue weighted by atomic mass is 19.1. The first-order valence-corrected chi connectivity index (χ1v) is 10.00. The first-order chi connectivity index (χ1) is 14.6. The maximum Gasteiger partial charge on any atom is 0.274 e. The summed E-state index contributed by atoms with van der Waals surface area (Å²) < 4.78 is 13.7. The molecule has 30 heavy (non-hydrogen) atoms. The molecule has 2 fully saturated rings. The van der Waals surface area contributed by atoms with Crippen LogP contribution in [0.3, 0.4) is 0 Å². The zero-order valence-electron chi connectivity index (χ0n) is 16.3. The van der Waals surface area contributed by atoms with E-state index in [4.69, 9.17) is 6.57 Å². The normalized spacial score (nSPS) is 24.1. The Bertz CT molecular complexity index is 1060. The number of aromatic nitrogens is 3. The quantitative estimate of drug-likeness (QED) is 0.733. The van der Waals surface area contributed by atoms with Crippen molar-refractivity contribution in [3.8, 4) is 0 Å². The summed E-state index contributed by atoms with van der Waals surface area (Å²) >= 11 is 0. The molecule has 5 rings (SSSR count). The van der Waals surface area contributed by atoms with E-state index in [0.717, 1.165) is 31.4 Å². The van der Waals surface area contributed by atoms with Crippen molar-refractivity contribution in [1.29, 1.82) is 0 Å². The molecule has 1 amide bonds. The number of halogens is 1. The average Bonchev–Trinajstić information content (AvgIpc) is 3.34. The molecule has 2 atom stereocenters. The number of hydrogen-bond donors (Lipinski definition) is 0. The molecule has 0 bridgehead atoms. The number of hydrazone groups is 1. The van der Waals surface area contributed by atoms with Crippen molar-refractivity contribution in [3.05, 3.63) is 53.7 Å². The van der Waals surface area contributed by atoms with Gasteiger partial charge in [-0.1, -0.05) is 6.57 Å². The van der Waals surface area contributed by atoms with Crippen LogP contribution >= 0.6 is 0 Å². The molecule has 152 valence electrons. The monoisotopic (exact) mass is 405 g/mol. The third-order valence-corrected chi connectivity index (χ3v) is 6.37. The number of nitrogens with zero attached hydrogens (tertiary/aromatic N) is 7. The summed E-state index contributed by atoms with van der Waals surface area (Å²) in [6, 6.07) is 2.81. The SMILES string of the molecule is [C-]#[N+]c1cc(N2CC[C@H](C(=O)N3N=CC[C@@H]3c3cncc(F)c3)C3(CC3)C2)ncn1. The van der Waals surface area contributed by atoms with Crippen LogP contribution < -0.4 is 4.90 Å². The third-order valence-electron chi connectivity index (χ3n) is 6.37. The Kier molecular flexibility index (Phi) is 4.42. The molecule has 0 N–H and O–H groups in total. The highest BCUT2D eigenvalue weighted by molar-refractivity contribution is 5.83. The Morgan fingerprint density at radius 3 is 2.90 bits per heavy atom. The van der Waals surface area contributed by atoms with Crippen LogP contribution in [0.2, 0.25) is 0 Å². The number of hydrogen-bond acceptors (Lipinski definition) is 6. The zero-order valence-corrected chi connectivity index (χ0v) is 16.3. The van der Waals surface area contributed by atoms with Gasteiger partial charge in [-0.15, -0.1) is 4.98 Å². The fraction of sp³-hybridized carbons (Fsp3) is 0.429. The van der Waals surface area contributed by atoms with Crippen molar-refractivity contribution >= 4 is 23.8 Å². The molecule has 3 aliphatic rings. The Morgan fingerprint density at radius 1 is 1.27 bits per heavy atom. The molecular formula is C21H20FN7O. The van der Waals surface area contributed by atoms with E-state index in [2.05, 4.69) is 29.8 Å². The van der Waals surface area contributed by atoms with Gasteiger partial charge in [0.2, 0.25) is 12.2 Å². The Balaban J connectivity index is 1.35. The Labute approximate surface area is 173 Å². The van der Waals surface area contributed by atoms with Gasteiger partial charge in [-0.3, -0.25) is 9.78 Å². The van der Waals surface area contributed by atoms with Crippen LogP contribution in [0.25, 0.3) is 4.85 Å². The highest BCUT2D eigenvalue weighted by Gasteiger charge is 2.56. The molecule has 0 unspecified atom stereocenters. The van der Waals surface area contributed by atoms with Gasteiger partial charge >= 0.3 is 0 Å². The second kappa shape index (κ2) is 7.13. The maximum atomic E-state index is 13.7. The summed E-state index contributed by atoms with van der Waals surface area (Å²) in [5.74, 6) is 0.509. The number of rotatable bonds is 3. The summed E-state index contributed by atoms with van der Waals surface area (Å²) in [5, 5.41) is 5.86. The number of pyridine rings is 1. The van der Waals surface area contributed by atoms with Crippen LogP contribution in [0.15, 0.2) is 36.0 Å². The zero-order chi connectivity index (χ0) is 20.7. The lowest BCUT2D eigenvalue weighted by Gasteiger charge is -2.40. The molecule has 2 aromatic heterocycles. The van der Waals surface area contributed by atoms with Crippen LogP contribution in [-0.4, -0.2) is 45.2 Å². The minimum atomic E-state index is -0.414. The Morgan fingerprint density at radius 2 is 2.13 bits per heavy atom. The molecule has 1 saturated carbocycles. The van der Waals surface area contributed by atoms with Crippen LogP contribution in [0.4, 0.5) is 16.0 Å². The first-order valence-electron chi connectivity index (χ1n) is 10.00.